The summed E-state index contributed by atoms with van der Waals surface area (Å²) >= 11 is 6.38. The van der Waals surface area contributed by atoms with Gasteiger partial charge in [-0.2, -0.15) is 0 Å². The molecule has 4 rings (SSSR count). The maximum absolute atomic E-state index is 13.5. The Kier molecular flexibility index (Phi) is 7.69. The number of aliphatic hydroxyl groups is 1. The van der Waals surface area contributed by atoms with Crippen molar-refractivity contribution in [3.63, 3.8) is 0 Å². The molecule has 7 nitrogen and oxygen atoms in total. The Labute approximate surface area is 226 Å². The van der Waals surface area contributed by atoms with Gasteiger partial charge in [0.2, 0.25) is 0 Å². The van der Waals surface area contributed by atoms with Crippen LogP contribution < -0.4 is 9.47 Å². The minimum absolute atomic E-state index is 0.0748. The van der Waals surface area contributed by atoms with Gasteiger partial charge in [-0.15, -0.1) is 0 Å². The smallest absolute Gasteiger partial charge is 0.295 e. The summed E-state index contributed by atoms with van der Waals surface area (Å²) in [5.41, 5.74) is 4.18. The van der Waals surface area contributed by atoms with Crippen molar-refractivity contribution in [1.82, 2.24) is 4.90 Å². The van der Waals surface area contributed by atoms with Gasteiger partial charge in [-0.25, -0.2) is 0 Å². The van der Waals surface area contributed by atoms with E-state index in [2.05, 4.69) is 0 Å². The van der Waals surface area contributed by atoms with Gasteiger partial charge in [-0.3, -0.25) is 9.59 Å². The number of ether oxygens (including phenoxy) is 2. The third-order valence-corrected chi connectivity index (χ3v) is 6.91. The Morgan fingerprint density at radius 1 is 1.03 bits per heavy atom. The highest BCUT2D eigenvalue weighted by molar-refractivity contribution is 6.46. The number of phenols is 1. The fourth-order valence-corrected chi connectivity index (χ4v) is 5.12. The highest BCUT2D eigenvalue weighted by atomic mass is 35.5. The summed E-state index contributed by atoms with van der Waals surface area (Å²) in [6.07, 6.45) is 0. The van der Waals surface area contributed by atoms with E-state index in [1.54, 1.807) is 38.1 Å². The molecule has 1 aliphatic rings. The number of aryl methyl sites for hydroxylation is 3. The van der Waals surface area contributed by atoms with Crippen LogP contribution in [0.4, 0.5) is 0 Å². The standard InChI is InChI=1S/C30H30ClNO6/c1-6-38-24-14-19(9-10-23(24)33)26-25(27(34)21-12-17(3)13-22(31)29(21)37-5)28(35)30(36)32(26)15-20-11-16(2)7-8-18(20)4/h7-14,26,33-34H,6,15H2,1-5H3/b27-25+. The molecule has 8 heteroatoms. The summed E-state index contributed by atoms with van der Waals surface area (Å²) < 4.78 is 11.0. The number of benzene rings is 3. The van der Waals surface area contributed by atoms with Crippen molar-refractivity contribution in [2.45, 2.75) is 40.3 Å². The topological polar surface area (TPSA) is 96.3 Å². The zero-order valence-corrected chi connectivity index (χ0v) is 22.7. The number of likely N-dealkylation sites (tertiary alicyclic amines) is 1. The van der Waals surface area contributed by atoms with Crippen molar-refractivity contribution >= 4 is 29.1 Å². The lowest BCUT2D eigenvalue weighted by molar-refractivity contribution is -0.140. The van der Waals surface area contributed by atoms with Crippen LogP contribution in [-0.4, -0.2) is 40.5 Å². The molecule has 0 saturated carbocycles. The van der Waals surface area contributed by atoms with Gasteiger partial charge in [0.25, 0.3) is 11.7 Å². The lowest BCUT2D eigenvalue weighted by Crippen LogP contribution is -2.29. The van der Waals surface area contributed by atoms with Gasteiger partial charge >= 0.3 is 0 Å². The van der Waals surface area contributed by atoms with Gasteiger partial charge in [0.1, 0.15) is 11.5 Å². The van der Waals surface area contributed by atoms with E-state index in [0.29, 0.717) is 12.2 Å². The molecule has 2 N–H and O–H groups in total. The van der Waals surface area contributed by atoms with E-state index in [1.807, 2.05) is 32.0 Å². The van der Waals surface area contributed by atoms with Gasteiger partial charge in [0, 0.05) is 6.54 Å². The van der Waals surface area contributed by atoms with Crippen molar-refractivity contribution in [1.29, 1.82) is 0 Å². The minimum Gasteiger partial charge on any atom is -0.507 e. The molecule has 0 aromatic heterocycles. The number of carbonyl (C=O) groups is 2. The predicted molar refractivity (Wildman–Crippen MR) is 146 cm³/mol. The first kappa shape index (κ1) is 27.1. The van der Waals surface area contributed by atoms with E-state index >= 15 is 0 Å². The number of aromatic hydroxyl groups is 1. The lowest BCUT2D eigenvalue weighted by atomic mass is 9.94. The largest absolute Gasteiger partial charge is 0.507 e. The van der Waals surface area contributed by atoms with Crippen LogP contribution in [0.25, 0.3) is 5.76 Å². The summed E-state index contributed by atoms with van der Waals surface area (Å²) in [6.45, 7) is 7.92. The van der Waals surface area contributed by atoms with Crippen LogP contribution >= 0.6 is 11.6 Å². The van der Waals surface area contributed by atoms with Gasteiger partial charge < -0.3 is 24.6 Å². The number of ketones is 1. The van der Waals surface area contributed by atoms with Gasteiger partial charge in [-0.05, 0) is 74.2 Å². The third-order valence-electron chi connectivity index (χ3n) is 6.63. The molecular formula is C30H30ClNO6. The molecule has 0 aliphatic carbocycles. The fraction of sp³-hybridized carbons (Fsp3) is 0.267. The number of aliphatic hydroxyl groups excluding tert-OH is 1. The van der Waals surface area contributed by atoms with Crippen LogP contribution in [0.3, 0.4) is 0 Å². The summed E-state index contributed by atoms with van der Waals surface area (Å²) in [4.78, 5) is 28.5. The second-order valence-electron chi connectivity index (χ2n) is 9.34. The van der Waals surface area contributed by atoms with Crippen molar-refractivity contribution in [3.05, 3.63) is 92.5 Å². The molecule has 1 saturated heterocycles. The molecule has 1 atom stereocenters. The number of hydrogen-bond donors (Lipinski definition) is 2. The van der Waals surface area contributed by atoms with Crippen molar-refractivity contribution in [3.8, 4) is 17.2 Å². The summed E-state index contributed by atoms with van der Waals surface area (Å²) in [7, 11) is 1.41. The predicted octanol–water partition coefficient (Wildman–Crippen LogP) is 6.00. The molecule has 0 spiro atoms. The highest BCUT2D eigenvalue weighted by Crippen LogP contribution is 2.45. The third kappa shape index (κ3) is 4.94. The zero-order chi connectivity index (χ0) is 27.7. The normalized spacial score (nSPS) is 16.7. The second kappa shape index (κ2) is 10.8. The molecule has 1 unspecified atom stereocenters. The van der Waals surface area contributed by atoms with Crippen LogP contribution in [-0.2, 0) is 16.1 Å². The maximum Gasteiger partial charge on any atom is 0.295 e. The Balaban J connectivity index is 1.97. The SMILES string of the molecule is CCOc1cc(C2/C(=C(\O)c3cc(C)cc(Cl)c3OC)C(=O)C(=O)N2Cc2cc(C)ccc2C)ccc1O. The van der Waals surface area contributed by atoms with Crippen LogP contribution in [0, 0.1) is 20.8 Å². The molecule has 1 heterocycles. The van der Waals surface area contributed by atoms with E-state index in [-0.39, 0.29) is 40.0 Å². The fourth-order valence-electron chi connectivity index (χ4n) is 4.77. The molecule has 38 heavy (non-hydrogen) atoms. The van der Waals surface area contributed by atoms with Crippen molar-refractivity contribution < 1.29 is 29.3 Å². The molecule has 3 aromatic rings. The number of nitrogens with zero attached hydrogens (tertiary/aromatic N) is 1. The molecular weight excluding hydrogens is 506 g/mol. The second-order valence-corrected chi connectivity index (χ2v) is 9.75. The highest BCUT2D eigenvalue weighted by Gasteiger charge is 2.46. The number of carbonyl (C=O) groups excluding carboxylic acids is 2. The van der Waals surface area contributed by atoms with Crippen molar-refractivity contribution in [2.75, 3.05) is 13.7 Å². The zero-order valence-electron chi connectivity index (χ0n) is 22.0. The Hall–Kier alpha value is -3.97. The molecule has 1 aliphatic heterocycles. The molecule has 0 radical (unpaired) electrons. The molecule has 1 fully saturated rings. The first-order valence-corrected chi connectivity index (χ1v) is 12.6. The van der Waals surface area contributed by atoms with Gasteiger partial charge in [0.15, 0.2) is 11.5 Å². The first-order chi connectivity index (χ1) is 18.1. The average Bonchev–Trinajstić information content (AvgIpc) is 3.11. The monoisotopic (exact) mass is 535 g/mol. The number of rotatable bonds is 7. The number of amides is 1. The van der Waals surface area contributed by atoms with Crippen LogP contribution in [0.15, 0.2) is 54.1 Å². The number of hydrogen-bond acceptors (Lipinski definition) is 6. The molecule has 1 amide bonds. The minimum atomic E-state index is -0.960. The Morgan fingerprint density at radius 3 is 2.45 bits per heavy atom. The van der Waals surface area contributed by atoms with Crippen LogP contribution in [0.5, 0.6) is 17.2 Å². The Morgan fingerprint density at radius 2 is 1.76 bits per heavy atom. The number of methoxy groups -OCH3 is 1. The Bertz CT molecular complexity index is 1460. The molecule has 0 bridgehead atoms. The molecule has 3 aromatic carbocycles. The number of Topliss-reactive ketones (excluding diaryl/α,β-unsaturated/α-hetero) is 1. The van der Waals surface area contributed by atoms with E-state index in [1.165, 1.54) is 18.1 Å². The molecule has 198 valence electrons. The number of halogens is 1. The number of phenolic OH excluding ortho intramolecular Hbond substituents is 1. The van der Waals surface area contributed by atoms with Gasteiger partial charge in [-0.1, -0.05) is 41.4 Å². The van der Waals surface area contributed by atoms with Crippen LogP contribution in [0.1, 0.15) is 46.3 Å². The first-order valence-electron chi connectivity index (χ1n) is 12.2. The lowest BCUT2D eigenvalue weighted by Gasteiger charge is -2.27. The van der Waals surface area contributed by atoms with E-state index < -0.39 is 23.5 Å². The summed E-state index contributed by atoms with van der Waals surface area (Å²) in [5.74, 6) is -1.65. The summed E-state index contributed by atoms with van der Waals surface area (Å²) in [6, 6.07) is 12.9. The quantitative estimate of drug-likeness (QED) is 0.219. The average molecular weight is 536 g/mol. The van der Waals surface area contributed by atoms with Crippen molar-refractivity contribution in [2.24, 2.45) is 0 Å². The van der Waals surface area contributed by atoms with E-state index in [4.69, 9.17) is 21.1 Å². The van der Waals surface area contributed by atoms with E-state index in [9.17, 15) is 19.8 Å². The van der Waals surface area contributed by atoms with Crippen LogP contribution in [0.2, 0.25) is 5.02 Å². The summed E-state index contributed by atoms with van der Waals surface area (Å²) in [5, 5.41) is 22.1. The maximum atomic E-state index is 13.5. The van der Waals surface area contributed by atoms with E-state index in [0.717, 1.165) is 22.3 Å². The van der Waals surface area contributed by atoms with Gasteiger partial charge in [0.05, 0.1) is 35.9 Å².